The molecule has 0 radical (unpaired) electrons. The van der Waals surface area contributed by atoms with Crippen LogP contribution in [0.15, 0.2) is 24.4 Å². The smallest absolute Gasteiger partial charge is 0.223 e. The van der Waals surface area contributed by atoms with E-state index in [1.54, 1.807) is 12.1 Å². The summed E-state index contributed by atoms with van der Waals surface area (Å²) in [7, 11) is 0. The molecule has 102 valence electrons. The largest absolute Gasteiger partial charge is 0.399 e. The Hall–Kier alpha value is -2.41. The molecule has 0 spiro atoms. The van der Waals surface area contributed by atoms with Crippen LogP contribution in [0.2, 0.25) is 5.15 Å². The number of benzene rings is 1. The first kappa shape index (κ1) is 12.6. The average molecular weight is 293 g/mol. The predicted octanol–water partition coefficient (Wildman–Crippen LogP) is 1.83. The van der Waals surface area contributed by atoms with Crippen LogP contribution >= 0.6 is 11.6 Å². The number of nitrogens with two attached hydrogens (primary N) is 2. The molecule has 1 aromatic carbocycles. The van der Waals surface area contributed by atoms with E-state index < -0.39 is 5.82 Å². The summed E-state index contributed by atoms with van der Waals surface area (Å²) in [5.41, 5.74) is 12.3. The van der Waals surface area contributed by atoms with Crippen LogP contribution in [0.25, 0.3) is 11.0 Å². The van der Waals surface area contributed by atoms with Crippen molar-refractivity contribution in [3.63, 3.8) is 0 Å². The van der Waals surface area contributed by atoms with Crippen LogP contribution < -0.4 is 11.5 Å². The van der Waals surface area contributed by atoms with Crippen LogP contribution in [0.3, 0.4) is 0 Å². The zero-order chi connectivity index (χ0) is 14.3. The van der Waals surface area contributed by atoms with Crippen molar-refractivity contribution >= 4 is 34.3 Å². The third-order valence-corrected chi connectivity index (χ3v) is 3.15. The van der Waals surface area contributed by atoms with Gasteiger partial charge in [-0.05, 0) is 12.1 Å². The normalized spacial score (nSPS) is 11.1. The second-order valence-corrected chi connectivity index (χ2v) is 4.62. The topological polar surface area (TPSA) is 95.6 Å². The number of hydrogen-bond donors (Lipinski definition) is 2. The Morgan fingerprint density at radius 2 is 2.05 bits per heavy atom. The van der Waals surface area contributed by atoms with Crippen LogP contribution in [-0.2, 0) is 6.54 Å². The van der Waals surface area contributed by atoms with Crippen molar-refractivity contribution in [3.05, 3.63) is 40.9 Å². The fourth-order valence-corrected chi connectivity index (χ4v) is 2.13. The van der Waals surface area contributed by atoms with E-state index in [0.717, 1.165) is 0 Å². The molecule has 0 fully saturated rings. The summed E-state index contributed by atoms with van der Waals surface area (Å²) in [6.07, 6.45) is 1.52. The highest BCUT2D eigenvalue weighted by atomic mass is 35.5. The highest BCUT2D eigenvalue weighted by molar-refractivity contribution is 6.34. The predicted molar refractivity (Wildman–Crippen MR) is 74.7 cm³/mol. The van der Waals surface area contributed by atoms with E-state index in [-0.39, 0.29) is 17.6 Å². The SMILES string of the molecule is Nc1ccc(Cn2ncc3c(Cl)nc(N)nc32)c(F)c1. The lowest BCUT2D eigenvalue weighted by molar-refractivity contribution is 0.590. The zero-order valence-electron chi connectivity index (χ0n) is 10.2. The maximum atomic E-state index is 13.8. The van der Waals surface area contributed by atoms with Gasteiger partial charge in [0.25, 0.3) is 0 Å². The van der Waals surface area contributed by atoms with Crippen molar-refractivity contribution in [2.45, 2.75) is 6.54 Å². The average Bonchev–Trinajstić information content (AvgIpc) is 2.76. The molecule has 0 saturated carbocycles. The van der Waals surface area contributed by atoms with Crippen LogP contribution in [0.1, 0.15) is 5.56 Å². The third-order valence-electron chi connectivity index (χ3n) is 2.86. The minimum atomic E-state index is -0.401. The van der Waals surface area contributed by atoms with Gasteiger partial charge in [-0.2, -0.15) is 10.1 Å². The van der Waals surface area contributed by atoms with E-state index in [1.165, 1.54) is 16.9 Å². The quantitative estimate of drug-likeness (QED) is 0.555. The molecule has 0 aliphatic heterocycles. The van der Waals surface area contributed by atoms with Crippen molar-refractivity contribution in [3.8, 4) is 0 Å². The summed E-state index contributed by atoms with van der Waals surface area (Å²) in [5, 5.41) is 4.92. The zero-order valence-corrected chi connectivity index (χ0v) is 11.0. The molecule has 0 unspecified atom stereocenters. The van der Waals surface area contributed by atoms with Crippen molar-refractivity contribution in [2.75, 3.05) is 11.5 Å². The first-order valence-electron chi connectivity index (χ1n) is 5.73. The lowest BCUT2D eigenvalue weighted by Crippen LogP contribution is -2.06. The van der Waals surface area contributed by atoms with Crippen molar-refractivity contribution in [2.24, 2.45) is 0 Å². The molecule has 0 amide bonds. The second kappa shape index (κ2) is 4.61. The highest BCUT2D eigenvalue weighted by Gasteiger charge is 2.12. The number of halogens is 2. The molecule has 0 aliphatic carbocycles. The fraction of sp³-hybridized carbons (Fsp3) is 0.0833. The number of aromatic nitrogens is 4. The Kier molecular flexibility index (Phi) is 2.90. The maximum Gasteiger partial charge on any atom is 0.223 e. The molecular formula is C12H10ClFN6. The molecule has 20 heavy (non-hydrogen) atoms. The van der Waals surface area contributed by atoms with E-state index in [1.807, 2.05) is 0 Å². The first-order valence-corrected chi connectivity index (χ1v) is 6.11. The third kappa shape index (κ3) is 2.12. The summed E-state index contributed by atoms with van der Waals surface area (Å²) >= 11 is 5.96. The van der Waals surface area contributed by atoms with Gasteiger partial charge in [0, 0.05) is 11.3 Å². The number of nitrogens with zero attached hydrogens (tertiary/aromatic N) is 4. The van der Waals surface area contributed by atoms with Gasteiger partial charge in [-0.1, -0.05) is 17.7 Å². The van der Waals surface area contributed by atoms with Crippen molar-refractivity contribution in [1.82, 2.24) is 19.7 Å². The molecule has 2 aromatic heterocycles. The van der Waals surface area contributed by atoms with Gasteiger partial charge in [0.2, 0.25) is 5.95 Å². The van der Waals surface area contributed by atoms with Gasteiger partial charge in [0.05, 0.1) is 18.1 Å². The van der Waals surface area contributed by atoms with Gasteiger partial charge in [0.15, 0.2) is 5.65 Å². The molecule has 0 bridgehead atoms. The number of rotatable bonds is 2. The first-order chi connectivity index (χ1) is 9.54. The molecule has 3 aromatic rings. The van der Waals surface area contributed by atoms with E-state index in [4.69, 9.17) is 23.1 Å². The lowest BCUT2D eigenvalue weighted by atomic mass is 10.2. The summed E-state index contributed by atoms with van der Waals surface area (Å²) in [6.45, 7) is 0.197. The molecule has 0 atom stereocenters. The Morgan fingerprint density at radius 3 is 2.80 bits per heavy atom. The summed E-state index contributed by atoms with van der Waals surface area (Å²) in [5.74, 6) is -0.358. The number of hydrogen-bond acceptors (Lipinski definition) is 5. The van der Waals surface area contributed by atoms with Gasteiger partial charge in [-0.15, -0.1) is 0 Å². The molecule has 0 aliphatic rings. The monoisotopic (exact) mass is 292 g/mol. The minimum absolute atomic E-state index is 0.0435. The summed E-state index contributed by atoms with van der Waals surface area (Å²) in [4.78, 5) is 7.91. The van der Waals surface area contributed by atoms with Gasteiger partial charge in [0.1, 0.15) is 11.0 Å². The summed E-state index contributed by atoms with van der Waals surface area (Å²) < 4.78 is 15.3. The Bertz CT molecular complexity index is 800. The van der Waals surface area contributed by atoms with Crippen molar-refractivity contribution in [1.29, 1.82) is 0 Å². The molecule has 6 nitrogen and oxygen atoms in total. The lowest BCUT2D eigenvalue weighted by Gasteiger charge is -2.06. The molecule has 2 heterocycles. The highest BCUT2D eigenvalue weighted by Crippen LogP contribution is 2.22. The molecule has 3 rings (SSSR count). The van der Waals surface area contributed by atoms with E-state index in [0.29, 0.717) is 22.3 Å². The Balaban J connectivity index is 2.07. The van der Waals surface area contributed by atoms with Gasteiger partial charge >= 0.3 is 0 Å². The maximum absolute atomic E-state index is 13.8. The van der Waals surface area contributed by atoms with Crippen LogP contribution in [0, 0.1) is 5.82 Å². The van der Waals surface area contributed by atoms with Gasteiger partial charge in [-0.3, -0.25) is 0 Å². The van der Waals surface area contributed by atoms with Crippen LogP contribution in [-0.4, -0.2) is 19.7 Å². The van der Waals surface area contributed by atoms with E-state index in [2.05, 4.69) is 15.1 Å². The Morgan fingerprint density at radius 1 is 1.25 bits per heavy atom. The summed E-state index contributed by atoms with van der Waals surface area (Å²) in [6, 6.07) is 4.49. The number of nitrogen functional groups attached to an aromatic ring is 2. The van der Waals surface area contributed by atoms with Crippen LogP contribution in [0.4, 0.5) is 16.0 Å². The molecular weight excluding hydrogens is 283 g/mol. The minimum Gasteiger partial charge on any atom is -0.399 e. The molecule has 8 heteroatoms. The van der Waals surface area contributed by atoms with E-state index >= 15 is 0 Å². The van der Waals surface area contributed by atoms with Crippen molar-refractivity contribution < 1.29 is 4.39 Å². The van der Waals surface area contributed by atoms with Crippen LogP contribution in [0.5, 0.6) is 0 Å². The fourth-order valence-electron chi connectivity index (χ4n) is 1.91. The standard InChI is InChI=1S/C12H10ClFN6/c13-10-8-4-17-20(11(8)19-12(16)18-10)5-6-1-2-7(15)3-9(6)14/h1-4H,5,15H2,(H2,16,18,19). The number of fused-ring (bicyclic) bond motifs is 1. The van der Waals surface area contributed by atoms with Gasteiger partial charge < -0.3 is 11.5 Å². The Labute approximate surface area is 118 Å². The van der Waals surface area contributed by atoms with E-state index in [9.17, 15) is 4.39 Å². The number of anilines is 2. The second-order valence-electron chi connectivity index (χ2n) is 4.26. The molecule has 4 N–H and O–H groups in total. The molecule has 0 saturated heterocycles. The van der Waals surface area contributed by atoms with Gasteiger partial charge in [-0.25, -0.2) is 14.1 Å².